The summed E-state index contributed by atoms with van der Waals surface area (Å²) in [4.78, 5) is 23.6. The van der Waals surface area contributed by atoms with E-state index in [1.165, 1.54) is 50.0 Å². The minimum Gasteiger partial charge on any atom is -0.484 e. The number of ether oxygens (including phenoxy) is 3. The van der Waals surface area contributed by atoms with Crippen molar-refractivity contribution in [2.45, 2.75) is 57.0 Å². The van der Waals surface area contributed by atoms with E-state index < -0.39 is 34.0 Å². The molecular weight excluding hydrogens is 547 g/mol. The molecule has 0 bridgehead atoms. The summed E-state index contributed by atoms with van der Waals surface area (Å²) >= 11 is 0. The van der Waals surface area contributed by atoms with Crippen LogP contribution < -0.4 is 19.7 Å². The molecule has 16 heteroatoms. The van der Waals surface area contributed by atoms with E-state index in [2.05, 4.69) is 20.5 Å². The van der Waals surface area contributed by atoms with Crippen LogP contribution in [0.1, 0.15) is 26.5 Å². The highest BCUT2D eigenvalue weighted by atomic mass is 32.2. The number of methoxy groups -OCH3 is 1. The molecule has 3 rings (SSSR count). The van der Waals surface area contributed by atoms with Crippen LogP contribution in [-0.2, 0) is 30.8 Å². The first-order chi connectivity index (χ1) is 18.0. The predicted molar refractivity (Wildman–Crippen MR) is 133 cm³/mol. The van der Waals surface area contributed by atoms with Gasteiger partial charge in [0.05, 0.1) is 37.6 Å². The van der Waals surface area contributed by atoms with Gasteiger partial charge in [-0.1, -0.05) is 0 Å². The number of carbonyl (C=O) groups is 2. The maximum atomic E-state index is 13.8. The van der Waals surface area contributed by atoms with Crippen LogP contribution in [0.25, 0.3) is 0 Å². The first-order valence-electron chi connectivity index (χ1n) is 11.7. The number of aromatic nitrogens is 2. The van der Waals surface area contributed by atoms with Crippen molar-refractivity contribution in [3.05, 3.63) is 30.1 Å². The van der Waals surface area contributed by atoms with Crippen molar-refractivity contribution < 1.29 is 45.4 Å². The third-order valence-electron chi connectivity index (χ3n) is 5.74. The Morgan fingerprint density at radius 1 is 1.26 bits per heavy atom. The average molecular weight is 578 g/mol. The predicted octanol–water partition coefficient (Wildman–Crippen LogP) is 2.82. The van der Waals surface area contributed by atoms with E-state index >= 15 is 0 Å². The van der Waals surface area contributed by atoms with Gasteiger partial charge in [-0.2, -0.15) is 18.3 Å². The van der Waals surface area contributed by atoms with Crippen LogP contribution in [0, 0.1) is 6.92 Å². The molecule has 1 aromatic heterocycles. The van der Waals surface area contributed by atoms with Crippen LogP contribution in [-0.4, -0.2) is 74.9 Å². The lowest BCUT2D eigenvalue weighted by Gasteiger charge is -2.35. The fourth-order valence-electron chi connectivity index (χ4n) is 3.59. The van der Waals surface area contributed by atoms with Crippen LogP contribution in [0.4, 0.5) is 29.3 Å². The van der Waals surface area contributed by atoms with Crippen molar-refractivity contribution in [3.63, 3.8) is 0 Å². The maximum absolute atomic E-state index is 13.8. The van der Waals surface area contributed by atoms with Crippen molar-refractivity contribution in [3.8, 4) is 5.75 Å². The molecule has 0 aliphatic carbocycles. The third-order valence-corrected chi connectivity index (χ3v) is 7.62. The molecular formula is C23H30F3N5O7S. The van der Waals surface area contributed by atoms with Gasteiger partial charge in [-0.3, -0.25) is 19.1 Å². The summed E-state index contributed by atoms with van der Waals surface area (Å²) in [6, 6.07) is 3.92. The Morgan fingerprint density at radius 2 is 1.95 bits per heavy atom. The van der Waals surface area contributed by atoms with Gasteiger partial charge in [-0.05, 0) is 39.0 Å². The maximum Gasteiger partial charge on any atom is 0.427 e. The number of hydrogen-bond acceptors (Lipinski definition) is 8. The van der Waals surface area contributed by atoms with Crippen LogP contribution in [0.3, 0.4) is 0 Å². The number of nitrogens with zero attached hydrogens (tertiary/aromatic N) is 3. The monoisotopic (exact) mass is 577 g/mol. The highest BCUT2D eigenvalue weighted by Crippen LogP contribution is 2.40. The van der Waals surface area contributed by atoms with Crippen molar-refractivity contribution >= 4 is 33.4 Å². The summed E-state index contributed by atoms with van der Waals surface area (Å²) in [5.41, 5.74) is -2.55. The molecule has 1 aromatic carbocycles. The lowest BCUT2D eigenvalue weighted by atomic mass is 10.1. The number of nitrogens with one attached hydrogen (secondary N) is 2. The van der Waals surface area contributed by atoms with E-state index in [4.69, 9.17) is 9.47 Å². The molecule has 12 nitrogen and oxygen atoms in total. The molecule has 1 aliphatic heterocycles. The van der Waals surface area contributed by atoms with Gasteiger partial charge < -0.3 is 19.5 Å². The number of anilines is 2. The molecule has 2 heterocycles. The Kier molecular flexibility index (Phi) is 8.69. The van der Waals surface area contributed by atoms with Crippen molar-refractivity contribution in [1.82, 2.24) is 15.1 Å². The smallest absolute Gasteiger partial charge is 0.427 e. The van der Waals surface area contributed by atoms with Gasteiger partial charge in [0.15, 0.2) is 0 Å². The Hall–Kier alpha value is -3.53. The lowest BCUT2D eigenvalue weighted by Crippen LogP contribution is -2.48. The minimum atomic E-state index is -4.81. The molecule has 0 radical (unpaired) electrons. The lowest BCUT2D eigenvalue weighted by molar-refractivity contribution is -0.242. The summed E-state index contributed by atoms with van der Waals surface area (Å²) < 4.78 is 84.9. The van der Waals surface area contributed by atoms with Crippen LogP contribution >= 0.6 is 0 Å². The molecule has 1 atom stereocenters. The van der Waals surface area contributed by atoms with Crippen LogP contribution in [0.5, 0.6) is 5.75 Å². The van der Waals surface area contributed by atoms with Gasteiger partial charge in [-0.25, -0.2) is 13.2 Å². The van der Waals surface area contributed by atoms with Crippen molar-refractivity contribution in [1.29, 1.82) is 0 Å². The number of amides is 2. The van der Waals surface area contributed by atoms with E-state index in [9.17, 15) is 31.2 Å². The molecule has 2 amide bonds. The van der Waals surface area contributed by atoms with Crippen molar-refractivity contribution in [2.24, 2.45) is 0 Å². The molecule has 1 aliphatic rings. The summed E-state index contributed by atoms with van der Waals surface area (Å²) in [5, 5.41) is 9.01. The number of alkyl halides is 3. The SMILES string of the molecule is COCCn1cc(S(=O)(=O)N2CC(CNC(C)=O)Oc3ccc(NC(=O)OC(C)(C)C(F)(F)F)cc32)c(C)n1. The number of hydrogen-bond donors (Lipinski definition) is 2. The summed E-state index contributed by atoms with van der Waals surface area (Å²) in [6.07, 6.45) is -5.60. The number of aryl methyl sites for hydroxylation is 1. The second-order valence-corrected chi connectivity index (χ2v) is 11.1. The normalized spacial score (nSPS) is 15.8. The summed E-state index contributed by atoms with van der Waals surface area (Å²) in [6.45, 7) is 4.64. The van der Waals surface area contributed by atoms with Crippen LogP contribution in [0.2, 0.25) is 0 Å². The summed E-state index contributed by atoms with van der Waals surface area (Å²) in [5.74, 6) is -0.229. The highest BCUT2D eigenvalue weighted by molar-refractivity contribution is 7.92. The van der Waals surface area contributed by atoms with Crippen molar-refractivity contribution in [2.75, 3.05) is 36.4 Å². The van der Waals surface area contributed by atoms with Gasteiger partial charge in [-0.15, -0.1) is 0 Å². The largest absolute Gasteiger partial charge is 0.484 e. The van der Waals surface area contributed by atoms with E-state index in [1.807, 2.05) is 0 Å². The molecule has 2 N–H and O–H groups in total. The zero-order valence-corrected chi connectivity index (χ0v) is 22.8. The minimum absolute atomic E-state index is 0.00568. The molecule has 216 valence electrons. The molecule has 0 fully saturated rings. The Balaban J connectivity index is 1.97. The van der Waals surface area contributed by atoms with Crippen LogP contribution in [0.15, 0.2) is 29.3 Å². The van der Waals surface area contributed by atoms with Gasteiger partial charge in [0.2, 0.25) is 11.5 Å². The zero-order chi connectivity index (χ0) is 29.2. The number of benzene rings is 1. The summed E-state index contributed by atoms with van der Waals surface area (Å²) in [7, 11) is -2.75. The molecule has 0 saturated heterocycles. The zero-order valence-electron chi connectivity index (χ0n) is 22.0. The highest BCUT2D eigenvalue weighted by Gasteiger charge is 2.51. The number of carbonyl (C=O) groups excluding carboxylic acids is 2. The number of rotatable bonds is 9. The quantitative estimate of drug-likeness (QED) is 0.464. The Bertz CT molecular complexity index is 1330. The van der Waals surface area contributed by atoms with E-state index in [1.54, 1.807) is 0 Å². The van der Waals surface area contributed by atoms with Gasteiger partial charge in [0.1, 0.15) is 16.7 Å². The fraction of sp³-hybridized carbons (Fsp3) is 0.522. The van der Waals surface area contributed by atoms with Gasteiger partial charge >= 0.3 is 12.3 Å². The Morgan fingerprint density at radius 3 is 2.56 bits per heavy atom. The topological polar surface area (TPSA) is 141 Å². The van der Waals surface area contributed by atoms with Gasteiger partial charge in [0.25, 0.3) is 10.0 Å². The first kappa shape index (κ1) is 30.0. The number of halogens is 3. The van der Waals surface area contributed by atoms with Gasteiger partial charge in [0, 0.05) is 25.9 Å². The number of fused-ring (bicyclic) bond motifs is 1. The fourth-order valence-corrected chi connectivity index (χ4v) is 5.26. The molecule has 2 aromatic rings. The molecule has 39 heavy (non-hydrogen) atoms. The second-order valence-electron chi connectivity index (χ2n) is 9.25. The second kappa shape index (κ2) is 11.3. The average Bonchev–Trinajstić information content (AvgIpc) is 3.21. The molecule has 0 saturated carbocycles. The first-order valence-corrected chi connectivity index (χ1v) is 13.2. The van der Waals surface area contributed by atoms with E-state index in [-0.39, 0.29) is 46.7 Å². The molecule has 1 unspecified atom stereocenters. The number of sulfonamides is 1. The third kappa shape index (κ3) is 6.92. The van der Waals surface area contributed by atoms with E-state index in [0.717, 1.165) is 4.31 Å². The van der Waals surface area contributed by atoms with E-state index in [0.29, 0.717) is 27.0 Å². The Labute approximate surface area is 223 Å². The molecule has 0 spiro atoms. The standard InChI is InChI=1S/C23H30F3N5O7S/c1-14-20(13-30(29-14)8-9-36-5)39(34,35)31-12-17(11-27-15(2)32)37-19-7-6-16(10-18(19)31)28-21(33)38-22(3,4)23(24,25)26/h6-7,10,13,17H,8-9,11-12H2,1-5H3,(H,27,32)(H,28,33).